The van der Waals surface area contributed by atoms with Crippen LogP contribution in [-0.4, -0.2) is 44.3 Å². The molecule has 1 atom stereocenters. The number of anilines is 1. The van der Waals surface area contributed by atoms with Gasteiger partial charge in [0.2, 0.25) is 11.8 Å². The molecule has 0 saturated heterocycles. The van der Waals surface area contributed by atoms with Gasteiger partial charge in [-0.05, 0) is 66.9 Å². The highest BCUT2D eigenvalue weighted by atomic mass is 79.9. The largest absolute Gasteiger partial charge is 0.354 e. The third-order valence-electron chi connectivity index (χ3n) is 7.41. The highest BCUT2D eigenvalue weighted by Crippen LogP contribution is 2.33. The molecule has 0 saturated carbocycles. The normalized spacial score (nSPS) is 11.9. The number of nitrogens with zero attached hydrogens (tertiary/aromatic N) is 2. The molecular formula is C35H36BrCl2N3O4S. The van der Waals surface area contributed by atoms with Crippen LogP contribution in [0.3, 0.4) is 0 Å². The van der Waals surface area contributed by atoms with Crippen LogP contribution in [0.4, 0.5) is 5.69 Å². The Labute approximate surface area is 289 Å². The fourth-order valence-electron chi connectivity index (χ4n) is 4.92. The van der Waals surface area contributed by atoms with E-state index in [0.29, 0.717) is 6.54 Å². The van der Waals surface area contributed by atoms with E-state index in [0.717, 1.165) is 38.3 Å². The molecule has 1 unspecified atom stereocenters. The van der Waals surface area contributed by atoms with Crippen molar-refractivity contribution in [1.82, 2.24) is 10.2 Å². The Morgan fingerprint density at radius 3 is 2.26 bits per heavy atom. The average Bonchev–Trinajstić information content (AvgIpc) is 3.03. The molecule has 0 aliphatic rings. The van der Waals surface area contributed by atoms with Crippen LogP contribution in [0.5, 0.6) is 0 Å². The molecule has 0 aliphatic heterocycles. The molecule has 0 bridgehead atoms. The molecule has 7 nitrogen and oxygen atoms in total. The van der Waals surface area contributed by atoms with Gasteiger partial charge in [0.1, 0.15) is 12.6 Å². The van der Waals surface area contributed by atoms with E-state index in [1.807, 2.05) is 68.4 Å². The summed E-state index contributed by atoms with van der Waals surface area (Å²) in [6.07, 6.45) is 1.89. The van der Waals surface area contributed by atoms with Crippen molar-refractivity contribution in [3.8, 4) is 0 Å². The molecule has 0 heterocycles. The summed E-state index contributed by atoms with van der Waals surface area (Å²) in [7, 11) is -4.31. The highest BCUT2D eigenvalue weighted by molar-refractivity contribution is 9.10. The fourth-order valence-corrected chi connectivity index (χ4v) is 7.23. The van der Waals surface area contributed by atoms with Gasteiger partial charge in [-0.3, -0.25) is 13.9 Å². The Morgan fingerprint density at radius 2 is 1.59 bits per heavy atom. The van der Waals surface area contributed by atoms with Gasteiger partial charge in [-0.2, -0.15) is 0 Å². The first kappa shape index (κ1) is 35.5. The van der Waals surface area contributed by atoms with E-state index >= 15 is 0 Å². The molecule has 242 valence electrons. The molecule has 0 fully saturated rings. The molecule has 0 aliphatic carbocycles. The number of sulfonamides is 1. The fraction of sp³-hybridized carbons (Fsp3) is 0.257. The minimum Gasteiger partial charge on any atom is -0.354 e. The zero-order valence-electron chi connectivity index (χ0n) is 25.6. The number of carbonyl (C=O) groups is 2. The van der Waals surface area contributed by atoms with Crippen molar-refractivity contribution in [2.75, 3.05) is 17.4 Å². The van der Waals surface area contributed by atoms with E-state index in [9.17, 15) is 18.0 Å². The second kappa shape index (κ2) is 16.5. The predicted molar refractivity (Wildman–Crippen MR) is 189 cm³/mol. The maximum absolute atomic E-state index is 14.6. The van der Waals surface area contributed by atoms with Gasteiger partial charge in [0, 0.05) is 29.0 Å². The first-order valence-electron chi connectivity index (χ1n) is 14.9. The van der Waals surface area contributed by atoms with Gasteiger partial charge in [0.15, 0.2) is 0 Å². The number of amides is 2. The van der Waals surface area contributed by atoms with Gasteiger partial charge >= 0.3 is 0 Å². The number of unbranched alkanes of at least 4 members (excludes halogenated alkanes) is 1. The molecule has 4 aromatic carbocycles. The first-order chi connectivity index (χ1) is 22.0. The monoisotopic (exact) mass is 743 g/mol. The summed E-state index contributed by atoms with van der Waals surface area (Å²) < 4.78 is 30.2. The number of benzene rings is 4. The van der Waals surface area contributed by atoms with Gasteiger partial charge in [0.05, 0.1) is 15.6 Å². The Balaban J connectivity index is 1.82. The first-order valence-corrected chi connectivity index (χ1v) is 17.9. The van der Waals surface area contributed by atoms with Gasteiger partial charge in [-0.15, -0.1) is 0 Å². The average molecular weight is 746 g/mol. The van der Waals surface area contributed by atoms with Crippen molar-refractivity contribution >= 4 is 66.7 Å². The molecule has 0 spiro atoms. The molecule has 4 rings (SSSR count). The van der Waals surface area contributed by atoms with Crippen LogP contribution in [0.25, 0.3) is 0 Å². The van der Waals surface area contributed by atoms with Crippen LogP contribution in [0.2, 0.25) is 10.0 Å². The number of hydrogen-bond acceptors (Lipinski definition) is 4. The zero-order chi connectivity index (χ0) is 33.3. The maximum atomic E-state index is 14.6. The summed E-state index contributed by atoms with van der Waals surface area (Å²) >= 11 is 16.4. The highest BCUT2D eigenvalue weighted by Gasteiger charge is 2.35. The quantitative estimate of drug-likeness (QED) is 0.134. The Kier molecular flexibility index (Phi) is 12.7. The molecule has 1 N–H and O–H groups in total. The standard InChI is InChI=1S/C35H36BrCl2N3O4S/c1-3-4-19-39-35(43)33(21-26-9-6-5-7-10-26)40(23-27-11-8-12-28(36)20-27)34(42)24-41(32-22-29(37)15-18-31(32)38)46(44,45)30-16-13-25(2)14-17-30/h5-18,20,22,33H,3-4,19,21,23-24H2,1-2H3,(H,39,43). The summed E-state index contributed by atoms with van der Waals surface area (Å²) in [5.74, 6) is -0.910. The number of hydrogen-bond donors (Lipinski definition) is 1. The lowest BCUT2D eigenvalue weighted by atomic mass is 10.0. The molecular weight excluding hydrogens is 709 g/mol. The van der Waals surface area contributed by atoms with Crippen molar-refractivity contribution in [1.29, 1.82) is 0 Å². The zero-order valence-corrected chi connectivity index (χ0v) is 29.5. The number of rotatable bonds is 14. The summed E-state index contributed by atoms with van der Waals surface area (Å²) in [6, 6.07) is 26.7. The van der Waals surface area contributed by atoms with Crippen LogP contribution in [0, 0.1) is 6.92 Å². The smallest absolute Gasteiger partial charge is 0.264 e. The second-order valence-electron chi connectivity index (χ2n) is 10.9. The van der Waals surface area contributed by atoms with Crippen LogP contribution in [-0.2, 0) is 32.6 Å². The van der Waals surface area contributed by atoms with Crippen LogP contribution in [0.1, 0.15) is 36.5 Å². The minimum atomic E-state index is -4.31. The van der Waals surface area contributed by atoms with Gasteiger partial charge < -0.3 is 10.2 Å². The van der Waals surface area contributed by atoms with Crippen molar-refractivity contribution in [3.63, 3.8) is 0 Å². The number of nitrogens with one attached hydrogen (secondary N) is 1. The van der Waals surface area contributed by atoms with E-state index in [-0.39, 0.29) is 39.5 Å². The van der Waals surface area contributed by atoms with E-state index in [1.54, 1.807) is 18.2 Å². The lowest BCUT2D eigenvalue weighted by molar-refractivity contribution is -0.140. The lowest BCUT2D eigenvalue weighted by Gasteiger charge is -2.34. The minimum absolute atomic E-state index is 0.0152. The third-order valence-corrected chi connectivity index (χ3v) is 10.2. The number of halogens is 3. The topological polar surface area (TPSA) is 86.8 Å². The summed E-state index contributed by atoms with van der Waals surface area (Å²) in [5, 5.41) is 3.34. The van der Waals surface area contributed by atoms with Crippen molar-refractivity contribution in [2.24, 2.45) is 0 Å². The molecule has 0 aromatic heterocycles. The van der Waals surface area contributed by atoms with Gasteiger partial charge in [0.25, 0.3) is 10.0 Å². The van der Waals surface area contributed by atoms with Crippen molar-refractivity contribution in [3.05, 3.63) is 128 Å². The van der Waals surface area contributed by atoms with Gasteiger partial charge in [-0.1, -0.05) is 113 Å². The molecule has 4 aromatic rings. The lowest BCUT2D eigenvalue weighted by Crippen LogP contribution is -2.53. The molecule has 11 heteroatoms. The second-order valence-corrected chi connectivity index (χ2v) is 14.5. The van der Waals surface area contributed by atoms with E-state index < -0.39 is 28.5 Å². The Bertz CT molecular complexity index is 1760. The van der Waals surface area contributed by atoms with Crippen LogP contribution in [0.15, 0.2) is 106 Å². The maximum Gasteiger partial charge on any atom is 0.264 e. The SMILES string of the molecule is CCCCNC(=O)C(Cc1ccccc1)N(Cc1cccc(Br)c1)C(=O)CN(c1cc(Cl)ccc1Cl)S(=O)(=O)c1ccc(C)cc1. The number of carbonyl (C=O) groups excluding carboxylic acids is 2. The summed E-state index contributed by atoms with van der Waals surface area (Å²) in [6.45, 7) is 3.76. The summed E-state index contributed by atoms with van der Waals surface area (Å²) in [4.78, 5) is 29.8. The molecule has 0 radical (unpaired) electrons. The predicted octanol–water partition coefficient (Wildman–Crippen LogP) is 7.82. The van der Waals surface area contributed by atoms with Crippen molar-refractivity contribution in [2.45, 2.75) is 50.6 Å². The molecule has 2 amide bonds. The van der Waals surface area contributed by atoms with Crippen LogP contribution < -0.4 is 9.62 Å². The van der Waals surface area contributed by atoms with E-state index in [2.05, 4.69) is 21.2 Å². The van der Waals surface area contributed by atoms with E-state index in [1.165, 1.54) is 29.2 Å². The van der Waals surface area contributed by atoms with E-state index in [4.69, 9.17) is 23.2 Å². The summed E-state index contributed by atoms with van der Waals surface area (Å²) in [5.41, 5.74) is 2.54. The third kappa shape index (κ3) is 9.35. The molecule has 46 heavy (non-hydrogen) atoms. The Hall–Kier alpha value is -3.37. The Morgan fingerprint density at radius 1 is 0.891 bits per heavy atom. The van der Waals surface area contributed by atoms with Gasteiger partial charge in [-0.25, -0.2) is 8.42 Å². The number of aryl methyl sites for hydroxylation is 1. The van der Waals surface area contributed by atoms with Crippen molar-refractivity contribution < 1.29 is 18.0 Å². The van der Waals surface area contributed by atoms with Crippen LogP contribution >= 0.6 is 39.1 Å².